The Morgan fingerprint density at radius 1 is 0.816 bits per heavy atom. The second kappa shape index (κ2) is 19.8. The summed E-state index contributed by atoms with van der Waals surface area (Å²) in [6.07, 6.45) is 0.460. The minimum Gasteiger partial charge on any atom is -0.466 e. The first-order valence-electron chi connectivity index (χ1n) is 16.8. The fraction of sp³-hybridized carbons (Fsp3) is 0.395. The molecule has 49 heavy (non-hydrogen) atoms. The maximum Gasteiger partial charge on any atom is 0.522 e. The van der Waals surface area contributed by atoms with Gasteiger partial charge in [-0.25, -0.2) is 5.41 Å². The van der Waals surface area contributed by atoms with Crippen LogP contribution in [0.5, 0.6) is 0 Å². The molecule has 0 saturated heterocycles. The predicted molar refractivity (Wildman–Crippen MR) is 189 cm³/mol. The molecule has 0 aliphatic heterocycles. The standard InChI is InChI=1S/C38H49N5O6/c1-5-43(4,38(47)49-28-31-13-9-7-10-14-31)37(39)33-19-17-30(18-20-33)25-40-34(44)26-41-35(45)27-42(24-22-36(46)48-6-2)23-21-29(3)32-15-11-8-12-16-32/h7-20,29,39H,5-6,21-28H2,1-4H3,(H-,40,41,44,45)/p+1/t29-,43?/m1/s1. The molecule has 2 atom stereocenters. The van der Waals surface area contributed by atoms with Crippen molar-refractivity contribution in [2.75, 3.05) is 46.4 Å². The van der Waals surface area contributed by atoms with Gasteiger partial charge in [-0.1, -0.05) is 79.7 Å². The number of hydrogen-bond donors (Lipinski definition) is 3. The van der Waals surface area contributed by atoms with E-state index in [9.17, 15) is 19.2 Å². The average Bonchev–Trinajstić information content (AvgIpc) is 3.13. The van der Waals surface area contributed by atoms with E-state index in [1.807, 2.05) is 60.4 Å². The summed E-state index contributed by atoms with van der Waals surface area (Å²) in [6.45, 7) is 7.55. The number of amides is 3. The highest BCUT2D eigenvalue weighted by molar-refractivity contribution is 5.96. The predicted octanol–water partition coefficient (Wildman–Crippen LogP) is 5.00. The van der Waals surface area contributed by atoms with E-state index in [2.05, 4.69) is 29.7 Å². The number of nitrogens with zero attached hydrogens (tertiary/aromatic N) is 2. The second-order valence-electron chi connectivity index (χ2n) is 12.1. The van der Waals surface area contributed by atoms with Crippen LogP contribution in [0.25, 0.3) is 0 Å². The van der Waals surface area contributed by atoms with Crippen molar-refractivity contribution in [2.24, 2.45) is 0 Å². The summed E-state index contributed by atoms with van der Waals surface area (Å²) >= 11 is 0. The third-order valence-corrected chi connectivity index (χ3v) is 8.45. The lowest BCUT2D eigenvalue weighted by Gasteiger charge is -2.28. The molecule has 1 unspecified atom stereocenters. The number of amidine groups is 1. The number of rotatable bonds is 18. The largest absolute Gasteiger partial charge is 0.522 e. The van der Waals surface area contributed by atoms with Gasteiger partial charge in [-0.05, 0) is 61.6 Å². The van der Waals surface area contributed by atoms with Crippen LogP contribution in [-0.2, 0) is 37.0 Å². The summed E-state index contributed by atoms with van der Waals surface area (Å²) in [4.78, 5) is 52.2. The molecule has 0 bridgehead atoms. The molecular weight excluding hydrogens is 622 g/mol. The Hall–Kier alpha value is -4.87. The van der Waals surface area contributed by atoms with Crippen LogP contribution in [0.4, 0.5) is 4.79 Å². The zero-order chi connectivity index (χ0) is 35.6. The van der Waals surface area contributed by atoms with Gasteiger partial charge in [0.15, 0.2) is 0 Å². The first-order chi connectivity index (χ1) is 23.5. The zero-order valence-corrected chi connectivity index (χ0v) is 29.1. The molecule has 0 fully saturated rings. The molecule has 11 nitrogen and oxygen atoms in total. The van der Waals surface area contributed by atoms with Crippen LogP contribution in [0.2, 0.25) is 0 Å². The van der Waals surface area contributed by atoms with E-state index in [4.69, 9.17) is 14.9 Å². The number of quaternary nitrogens is 1. The van der Waals surface area contributed by atoms with Gasteiger partial charge in [0, 0.05) is 13.1 Å². The van der Waals surface area contributed by atoms with Crippen LogP contribution >= 0.6 is 0 Å². The van der Waals surface area contributed by atoms with E-state index in [0.717, 1.165) is 17.5 Å². The highest BCUT2D eigenvalue weighted by Crippen LogP contribution is 2.19. The molecule has 0 saturated carbocycles. The summed E-state index contributed by atoms with van der Waals surface area (Å²) in [5.41, 5.74) is 3.44. The molecular formula is C38H50N5O6+. The summed E-state index contributed by atoms with van der Waals surface area (Å²) in [5, 5.41) is 14.2. The highest BCUT2D eigenvalue weighted by Gasteiger charge is 2.38. The molecule has 0 aliphatic rings. The summed E-state index contributed by atoms with van der Waals surface area (Å²) in [7, 11) is 1.66. The van der Waals surface area contributed by atoms with Crippen molar-refractivity contribution in [1.82, 2.24) is 15.5 Å². The molecule has 3 rings (SSSR count). The minimum atomic E-state index is -0.515. The second-order valence-corrected chi connectivity index (χ2v) is 12.1. The molecule has 3 aromatic rings. The number of ether oxygens (including phenoxy) is 2. The van der Waals surface area contributed by atoms with Gasteiger partial charge in [0.25, 0.3) is 0 Å². The van der Waals surface area contributed by atoms with Gasteiger partial charge in [0.05, 0.1) is 45.3 Å². The van der Waals surface area contributed by atoms with E-state index >= 15 is 0 Å². The molecule has 0 aliphatic carbocycles. The van der Waals surface area contributed by atoms with E-state index in [-0.39, 0.29) is 66.7 Å². The van der Waals surface area contributed by atoms with Gasteiger partial charge in [-0.15, -0.1) is 0 Å². The van der Waals surface area contributed by atoms with E-state index in [1.54, 1.807) is 38.2 Å². The van der Waals surface area contributed by atoms with Crippen molar-refractivity contribution in [3.8, 4) is 0 Å². The Kier molecular flexibility index (Phi) is 15.6. The summed E-state index contributed by atoms with van der Waals surface area (Å²) in [6, 6.07) is 26.6. The first kappa shape index (κ1) is 38.6. The van der Waals surface area contributed by atoms with Crippen molar-refractivity contribution in [3.63, 3.8) is 0 Å². The summed E-state index contributed by atoms with van der Waals surface area (Å²) < 4.78 is 10.3. The molecule has 11 heteroatoms. The topological polar surface area (TPSA) is 138 Å². The number of esters is 1. The Balaban J connectivity index is 1.46. The molecule has 262 valence electrons. The highest BCUT2D eigenvalue weighted by atomic mass is 16.6. The maximum absolute atomic E-state index is 13.0. The van der Waals surface area contributed by atoms with Crippen LogP contribution in [0.15, 0.2) is 84.9 Å². The van der Waals surface area contributed by atoms with Gasteiger partial charge in [0.2, 0.25) is 17.6 Å². The van der Waals surface area contributed by atoms with Gasteiger partial charge in [-0.3, -0.25) is 19.3 Å². The maximum atomic E-state index is 13.0. The quantitative estimate of drug-likeness (QED) is 0.0749. The van der Waals surface area contributed by atoms with Crippen molar-refractivity contribution in [3.05, 3.63) is 107 Å². The number of hydrogen-bond acceptors (Lipinski definition) is 8. The fourth-order valence-corrected chi connectivity index (χ4v) is 5.08. The third kappa shape index (κ3) is 12.6. The Labute approximate surface area is 289 Å². The molecule has 3 N–H and O–H groups in total. The first-order valence-corrected chi connectivity index (χ1v) is 16.8. The van der Waals surface area contributed by atoms with Gasteiger partial charge in [-0.2, -0.15) is 9.28 Å². The Bertz CT molecular complexity index is 1520. The number of nitrogens with one attached hydrogen (secondary N) is 3. The van der Waals surface area contributed by atoms with Crippen molar-refractivity contribution >= 4 is 29.7 Å². The lowest BCUT2D eigenvalue weighted by Crippen LogP contribution is -2.54. The third-order valence-electron chi connectivity index (χ3n) is 8.45. The SMILES string of the molecule is CCOC(=O)CCN(CC[C@@H](C)c1ccccc1)CC(=O)NCC(=O)NCc1ccc(C(=N)[N+](C)(CC)C(=O)OCc2ccccc2)cc1. The summed E-state index contributed by atoms with van der Waals surface area (Å²) in [5.74, 6) is -0.597. The number of carbonyl (C=O) groups is 4. The van der Waals surface area contributed by atoms with Crippen molar-refractivity contribution < 1.29 is 33.1 Å². The van der Waals surface area contributed by atoms with Gasteiger partial charge in [0.1, 0.15) is 6.61 Å². The minimum absolute atomic E-state index is 0.0522. The van der Waals surface area contributed by atoms with E-state index < -0.39 is 6.09 Å². The van der Waals surface area contributed by atoms with E-state index in [1.165, 1.54) is 5.56 Å². The molecule has 3 aromatic carbocycles. The van der Waals surface area contributed by atoms with E-state index in [0.29, 0.717) is 31.8 Å². The average molecular weight is 673 g/mol. The smallest absolute Gasteiger partial charge is 0.466 e. The molecule has 3 amide bonds. The van der Waals surface area contributed by atoms with Crippen LogP contribution in [0, 0.1) is 5.41 Å². The Morgan fingerprint density at radius 3 is 2.10 bits per heavy atom. The molecule has 0 radical (unpaired) electrons. The van der Waals surface area contributed by atoms with Crippen LogP contribution in [-0.4, -0.2) is 85.5 Å². The zero-order valence-electron chi connectivity index (χ0n) is 29.1. The lowest BCUT2D eigenvalue weighted by molar-refractivity contribution is -0.743. The van der Waals surface area contributed by atoms with Crippen molar-refractivity contribution in [1.29, 1.82) is 5.41 Å². The number of carbonyl (C=O) groups excluding carboxylic acids is 4. The normalized spacial score (nSPS) is 12.8. The monoisotopic (exact) mass is 672 g/mol. The van der Waals surface area contributed by atoms with Crippen LogP contribution < -0.4 is 10.6 Å². The van der Waals surface area contributed by atoms with Crippen LogP contribution in [0.1, 0.15) is 61.8 Å². The van der Waals surface area contributed by atoms with Crippen LogP contribution in [0.3, 0.4) is 0 Å². The van der Waals surface area contributed by atoms with Crippen molar-refractivity contribution in [2.45, 2.75) is 52.7 Å². The lowest BCUT2D eigenvalue weighted by atomic mass is 9.98. The Morgan fingerprint density at radius 2 is 1.47 bits per heavy atom. The van der Waals surface area contributed by atoms with Gasteiger partial charge >= 0.3 is 12.1 Å². The molecule has 0 aromatic heterocycles. The molecule has 0 spiro atoms. The van der Waals surface area contributed by atoms with Gasteiger partial charge < -0.3 is 20.1 Å². The number of benzene rings is 3. The molecule has 0 heterocycles. The fourth-order valence-electron chi connectivity index (χ4n) is 5.08.